The number of carbonyl (C=O) groups excluding carboxylic acids is 3. The third-order valence-corrected chi connectivity index (χ3v) is 9.77. The Morgan fingerprint density at radius 2 is 1.79 bits per heavy atom. The van der Waals surface area contributed by atoms with E-state index in [-0.39, 0.29) is 35.6 Å². The van der Waals surface area contributed by atoms with E-state index in [1.807, 2.05) is 0 Å². The highest BCUT2D eigenvalue weighted by Crippen LogP contribution is 2.67. The van der Waals surface area contributed by atoms with Crippen LogP contribution in [0.1, 0.15) is 79.1 Å². The molecular formula is C24H36O4. The van der Waals surface area contributed by atoms with Gasteiger partial charge < -0.3 is 4.74 Å². The Labute approximate surface area is 169 Å². The van der Waals surface area contributed by atoms with Gasteiger partial charge in [-0.25, -0.2) is 0 Å². The molecule has 156 valence electrons. The summed E-state index contributed by atoms with van der Waals surface area (Å²) in [6, 6.07) is 0. The Hall–Kier alpha value is -1.19. The van der Waals surface area contributed by atoms with Gasteiger partial charge in [0.2, 0.25) is 0 Å². The molecule has 0 aliphatic heterocycles. The van der Waals surface area contributed by atoms with E-state index in [1.54, 1.807) is 0 Å². The zero-order valence-electron chi connectivity index (χ0n) is 18.0. The molecule has 0 heterocycles. The molecule has 4 aliphatic rings. The lowest BCUT2D eigenvalue weighted by molar-refractivity contribution is -0.175. The van der Waals surface area contributed by atoms with Gasteiger partial charge in [-0.15, -0.1) is 0 Å². The number of ketones is 2. The minimum absolute atomic E-state index is 0.0212. The van der Waals surface area contributed by atoms with E-state index < -0.39 is 0 Å². The third kappa shape index (κ3) is 2.81. The molecule has 4 fully saturated rings. The van der Waals surface area contributed by atoms with Crippen LogP contribution in [0, 0.1) is 46.3 Å². The average Bonchev–Trinajstić information content (AvgIpc) is 2.98. The van der Waals surface area contributed by atoms with Crippen molar-refractivity contribution in [2.24, 2.45) is 46.3 Å². The number of fused-ring (bicyclic) bond motifs is 5. The molecule has 0 saturated heterocycles. The van der Waals surface area contributed by atoms with Crippen LogP contribution in [0.5, 0.6) is 0 Å². The van der Waals surface area contributed by atoms with Crippen LogP contribution in [0.2, 0.25) is 0 Å². The fraction of sp³-hybridized carbons (Fsp3) is 0.875. The Kier molecular flexibility index (Phi) is 4.99. The normalized spacial score (nSPS) is 47.9. The van der Waals surface area contributed by atoms with Gasteiger partial charge in [0, 0.05) is 38.0 Å². The third-order valence-electron chi connectivity index (χ3n) is 9.77. The summed E-state index contributed by atoms with van der Waals surface area (Å²) in [6.45, 7) is 8.76. The number of hydrogen-bond acceptors (Lipinski definition) is 4. The molecule has 4 aliphatic carbocycles. The number of carbonyl (C=O) groups is 3. The summed E-state index contributed by atoms with van der Waals surface area (Å²) in [4.78, 5) is 37.2. The molecular weight excluding hydrogens is 352 g/mol. The van der Waals surface area contributed by atoms with Gasteiger partial charge in [0.15, 0.2) is 0 Å². The van der Waals surface area contributed by atoms with E-state index in [4.69, 9.17) is 4.74 Å². The lowest BCUT2D eigenvalue weighted by atomic mass is 9.42. The first-order valence-electron chi connectivity index (χ1n) is 11.4. The minimum atomic E-state index is -0.297. The second-order valence-corrected chi connectivity index (χ2v) is 10.6. The summed E-state index contributed by atoms with van der Waals surface area (Å²) in [5, 5.41) is 0. The number of ether oxygens (including phenoxy) is 1. The predicted octanol–water partition coefficient (Wildman–Crippen LogP) is 4.59. The zero-order valence-corrected chi connectivity index (χ0v) is 18.0. The molecule has 8 atom stereocenters. The van der Waals surface area contributed by atoms with E-state index in [2.05, 4.69) is 20.8 Å². The van der Waals surface area contributed by atoms with Crippen molar-refractivity contribution < 1.29 is 19.1 Å². The van der Waals surface area contributed by atoms with Crippen molar-refractivity contribution in [3.05, 3.63) is 0 Å². The molecule has 0 N–H and O–H groups in total. The van der Waals surface area contributed by atoms with Crippen molar-refractivity contribution in [1.82, 2.24) is 0 Å². The van der Waals surface area contributed by atoms with Gasteiger partial charge in [0.25, 0.3) is 0 Å². The summed E-state index contributed by atoms with van der Waals surface area (Å²) in [5.41, 5.74) is 0.157. The highest BCUT2D eigenvalue weighted by molar-refractivity contribution is 5.91. The fourth-order valence-corrected chi connectivity index (χ4v) is 8.29. The lowest BCUT2D eigenvalue weighted by Crippen LogP contribution is -2.60. The maximum atomic E-state index is 13.3. The van der Waals surface area contributed by atoms with Crippen molar-refractivity contribution in [2.45, 2.75) is 79.1 Å². The number of Topliss-reactive ketones (excluding diaryl/α,β-unsaturated/α-hetero) is 2. The Bertz CT molecular complexity index is 684. The molecule has 4 nitrogen and oxygen atoms in total. The summed E-state index contributed by atoms with van der Waals surface area (Å²) in [5.74, 6) is 2.29. The van der Waals surface area contributed by atoms with Gasteiger partial charge in [-0.05, 0) is 60.2 Å². The van der Waals surface area contributed by atoms with Crippen LogP contribution in [0.25, 0.3) is 0 Å². The second kappa shape index (κ2) is 6.95. The van der Waals surface area contributed by atoms with Crippen molar-refractivity contribution in [3.63, 3.8) is 0 Å². The molecule has 0 bridgehead atoms. The molecule has 0 aromatic heterocycles. The first-order valence-corrected chi connectivity index (χ1v) is 11.4. The van der Waals surface area contributed by atoms with Crippen LogP contribution in [0.4, 0.5) is 0 Å². The quantitative estimate of drug-likeness (QED) is 0.663. The van der Waals surface area contributed by atoms with Crippen molar-refractivity contribution in [2.75, 3.05) is 6.61 Å². The highest BCUT2D eigenvalue weighted by Gasteiger charge is 2.64. The largest absolute Gasteiger partial charge is 0.466 e. The van der Waals surface area contributed by atoms with Crippen LogP contribution >= 0.6 is 0 Å². The van der Waals surface area contributed by atoms with Gasteiger partial charge in [-0.1, -0.05) is 27.2 Å². The Morgan fingerprint density at radius 3 is 2.46 bits per heavy atom. The number of rotatable bonds is 3. The monoisotopic (exact) mass is 388 g/mol. The van der Waals surface area contributed by atoms with Gasteiger partial charge in [0.05, 0.1) is 6.61 Å². The van der Waals surface area contributed by atoms with E-state index in [1.165, 1.54) is 32.6 Å². The van der Waals surface area contributed by atoms with Gasteiger partial charge in [0.1, 0.15) is 11.6 Å². The van der Waals surface area contributed by atoms with E-state index in [9.17, 15) is 14.4 Å². The molecule has 0 spiro atoms. The van der Waals surface area contributed by atoms with Gasteiger partial charge in [-0.3, -0.25) is 14.4 Å². The molecule has 0 aromatic rings. The summed E-state index contributed by atoms with van der Waals surface area (Å²) in [7, 11) is 0. The van der Waals surface area contributed by atoms with Crippen LogP contribution in [0.3, 0.4) is 0 Å². The molecule has 4 saturated carbocycles. The van der Waals surface area contributed by atoms with Crippen molar-refractivity contribution in [1.29, 1.82) is 0 Å². The molecule has 4 heteroatoms. The van der Waals surface area contributed by atoms with E-state index in [0.29, 0.717) is 48.2 Å². The summed E-state index contributed by atoms with van der Waals surface area (Å²) in [6.07, 6.45) is 7.69. The number of hydrogen-bond donors (Lipinski definition) is 0. The SMILES string of the molecule is CC[C@H]1CC[C@H]2[C@@H]3CC(=O)[C@H]4CC(=O)CC(COC(C)=O)[C@]4(C)[C@H]3CC[C@]12C. The van der Waals surface area contributed by atoms with E-state index >= 15 is 0 Å². The fourth-order valence-electron chi connectivity index (χ4n) is 8.29. The number of esters is 1. The predicted molar refractivity (Wildman–Crippen MR) is 106 cm³/mol. The van der Waals surface area contributed by atoms with Crippen molar-refractivity contribution >= 4 is 17.5 Å². The molecule has 0 radical (unpaired) electrons. The summed E-state index contributed by atoms with van der Waals surface area (Å²) >= 11 is 0. The molecule has 0 aromatic carbocycles. The van der Waals surface area contributed by atoms with Gasteiger partial charge >= 0.3 is 5.97 Å². The van der Waals surface area contributed by atoms with E-state index in [0.717, 1.165) is 12.3 Å². The Balaban J connectivity index is 1.68. The van der Waals surface area contributed by atoms with Crippen LogP contribution in [-0.4, -0.2) is 24.1 Å². The minimum Gasteiger partial charge on any atom is -0.466 e. The average molecular weight is 389 g/mol. The van der Waals surface area contributed by atoms with Crippen LogP contribution < -0.4 is 0 Å². The topological polar surface area (TPSA) is 60.4 Å². The maximum absolute atomic E-state index is 13.3. The van der Waals surface area contributed by atoms with Gasteiger partial charge in [-0.2, -0.15) is 0 Å². The first-order chi connectivity index (χ1) is 13.2. The Morgan fingerprint density at radius 1 is 1.04 bits per heavy atom. The highest BCUT2D eigenvalue weighted by atomic mass is 16.5. The molecule has 0 amide bonds. The maximum Gasteiger partial charge on any atom is 0.302 e. The first kappa shape index (κ1) is 20.1. The van der Waals surface area contributed by atoms with Crippen molar-refractivity contribution in [3.8, 4) is 0 Å². The zero-order chi connectivity index (χ0) is 20.3. The van der Waals surface area contributed by atoms with Crippen LogP contribution in [-0.2, 0) is 19.1 Å². The lowest BCUT2D eigenvalue weighted by Gasteiger charge is -2.61. The smallest absolute Gasteiger partial charge is 0.302 e. The second-order valence-electron chi connectivity index (χ2n) is 10.6. The summed E-state index contributed by atoms with van der Waals surface area (Å²) < 4.78 is 5.40. The van der Waals surface area contributed by atoms with Crippen LogP contribution in [0.15, 0.2) is 0 Å². The molecule has 28 heavy (non-hydrogen) atoms. The molecule has 4 rings (SSSR count). The standard InChI is InChI=1S/C24H36O4/c1-5-15-6-7-19-18-12-22(27)21-11-17(26)10-16(13-28-14(2)25)24(21,4)20(18)8-9-23(15,19)3/h15-16,18-21H,5-13H2,1-4H3/t15-,16?,18-,19-,20-,21+,23+,24+/m0/s1. The molecule has 1 unspecified atom stereocenters.